The van der Waals surface area contributed by atoms with Crippen molar-refractivity contribution in [2.75, 3.05) is 27.2 Å². The van der Waals surface area contributed by atoms with Gasteiger partial charge in [0.05, 0.1) is 5.92 Å². The molecular weight excluding hydrogens is 226 g/mol. The second-order valence-electron chi connectivity index (χ2n) is 5.90. The number of amides is 1. The van der Waals surface area contributed by atoms with Crippen molar-refractivity contribution in [1.82, 2.24) is 10.2 Å². The van der Waals surface area contributed by atoms with E-state index in [2.05, 4.69) is 31.2 Å². The first-order chi connectivity index (χ1) is 8.52. The van der Waals surface area contributed by atoms with Crippen LogP contribution in [0.15, 0.2) is 0 Å². The maximum absolute atomic E-state index is 12.1. The van der Waals surface area contributed by atoms with Gasteiger partial charge in [0, 0.05) is 12.6 Å². The second-order valence-corrected chi connectivity index (χ2v) is 5.90. The van der Waals surface area contributed by atoms with Crippen LogP contribution < -0.4 is 11.1 Å². The number of hydrogen-bond acceptors (Lipinski definition) is 3. The van der Waals surface area contributed by atoms with E-state index in [1.165, 1.54) is 0 Å². The lowest BCUT2D eigenvalue weighted by molar-refractivity contribution is -0.128. The third-order valence-corrected chi connectivity index (χ3v) is 3.91. The number of hydrogen-bond donors (Lipinski definition) is 2. The van der Waals surface area contributed by atoms with Gasteiger partial charge in [0.1, 0.15) is 0 Å². The quantitative estimate of drug-likeness (QED) is 0.701. The lowest BCUT2D eigenvalue weighted by Gasteiger charge is -2.33. The van der Waals surface area contributed by atoms with Crippen LogP contribution in [0, 0.1) is 11.8 Å². The van der Waals surface area contributed by atoms with Gasteiger partial charge in [-0.05, 0) is 52.2 Å². The van der Waals surface area contributed by atoms with Crippen LogP contribution in [0.2, 0.25) is 0 Å². The molecule has 4 nitrogen and oxygen atoms in total. The van der Waals surface area contributed by atoms with E-state index in [0.29, 0.717) is 5.92 Å². The van der Waals surface area contributed by atoms with Crippen molar-refractivity contribution < 1.29 is 4.79 Å². The molecule has 3 atom stereocenters. The highest BCUT2D eigenvalue weighted by molar-refractivity contribution is 5.79. The van der Waals surface area contributed by atoms with Gasteiger partial charge in [0.25, 0.3) is 0 Å². The lowest BCUT2D eigenvalue weighted by Crippen LogP contribution is -2.47. The summed E-state index contributed by atoms with van der Waals surface area (Å²) in [6.45, 7) is 4.01. The molecule has 1 amide bonds. The zero-order chi connectivity index (χ0) is 13.5. The van der Waals surface area contributed by atoms with Crippen LogP contribution in [0.4, 0.5) is 0 Å². The van der Waals surface area contributed by atoms with E-state index in [-0.39, 0.29) is 17.9 Å². The van der Waals surface area contributed by atoms with E-state index in [4.69, 9.17) is 5.73 Å². The smallest absolute Gasteiger partial charge is 0.224 e. The van der Waals surface area contributed by atoms with Gasteiger partial charge in [-0.1, -0.05) is 13.3 Å². The van der Waals surface area contributed by atoms with Crippen LogP contribution in [0.3, 0.4) is 0 Å². The molecule has 0 radical (unpaired) electrons. The summed E-state index contributed by atoms with van der Waals surface area (Å²) < 4.78 is 0. The first kappa shape index (κ1) is 15.4. The van der Waals surface area contributed by atoms with Gasteiger partial charge >= 0.3 is 0 Å². The van der Waals surface area contributed by atoms with Crippen molar-refractivity contribution in [3.8, 4) is 0 Å². The van der Waals surface area contributed by atoms with E-state index in [1.54, 1.807) is 0 Å². The topological polar surface area (TPSA) is 58.4 Å². The van der Waals surface area contributed by atoms with Gasteiger partial charge in [-0.25, -0.2) is 0 Å². The van der Waals surface area contributed by atoms with Crippen LogP contribution in [0.1, 0.15) is 39.0 Å². The Bertz CT molecular complexity index is 245. The largest absolute Gasteiger partial charge is 0.356 e. The number of carbonyl (C=O) groups is 1. The molecule has 1 saturated carbocycles. The summed E-state index contributed by atoms with van der Waals surface area (Å²) in [4.78, 5) is 14.3. The number of rotatable bonds is 6. The second kappa shape index (κ2) is 7.74. The van der Waals surface area contributed by atoms with Crippen molar-refractivity contribution >= 4 is 5.91 Å². The molecule has 0 saturated heterocycles. The fourth-order valence-corrected chi connectivity index (χ4v) is 2.79. The minimum Gasteiger partial charge on any atom is -0.356 e. The maximum Gasteiger partial charge on any atom is 0.224 e. The molecule has 3 N–H and O–H groups in total. The highest BCUT2D eigenvalue weighted by Gasteiger charge is 2.33. The molecule has 0 bridgehead atoms. The molecule has 0 heterocycles. The summed E-state index contributed by atoms with van der Waals surface area (Å²) >= 11 is 0. The van der Waals surface area contributed by atoms with Crippen molar-refractivity contribution in [3.05, 3.63) is 0 Å². The molecule has 106 valence electrons. The molecule has 18 heavy (non-hydrogen) atoms. The summed E-state index contributed by atoms with van der Waals surface area (Å²) in [6, 6.07) is 0.0514. The Morgan fingerprint density at radius 3 is 2.67 bits per heavy atom. The molecule has 1 aliphatic carbocycles. The van der Waals surface area contributed by atoms with E-state index < -0.39 is 0 Å². The molecule has 0 aliphatic heterocycles. The minimum absolute atomic E-state index is 0.0209. The highest BCUT2D eigenvalue weighted by atomic mass is 16.1. The fourth-order valence-electron chi connectivity index (χ4n) is 2.79. The zero-order valence-corrected chi connectivity index (χ0v) is 12.1. The molecule has 1 rings (SSSR count). The molecular formula is C14H29N3O. The van der Waals surface area contributed by atoms with Crippen LogP contribution >= 0.6 is 0 Å². The van der Waals surface area contributed by atoms with Crippen molar-refractivity contribution in [2.24, 2.45) is 17.6 Å². The summed E-state index contributed by atoms with van der Waals surface area (Å²) in [5, 5.41) is 3.05. The van der Waals surface area contributed by atoms with E-state index in [9.17, 15) is 4.79 Å². The molecule has 0 aromatic rings. The normalized spacial score (nSPS) is 28.4. The Labute approximate surface area is 111 Å². The van der Waals surface area contributed by atoms with Gasteiger partial charge in [-0.15, -0.1) is 0 Å². The van der Waals surface area contributed by atoms with Crippen LogP contribution in [0.5, 0.6) is 0 Å². The van der Waals surface area contributed by atoms with Crippen molar-refractivity contribution in [2.45, 2.75) is 45.1 Å². The van der Waals surface area contributed by atoms with Crippen LogP contribution in [-0.2, 0) is 4.79 Å². The average Bonchev–Trinajstić information content (AvgIpc) is 2.27. The number of nitrogens with zero attached hydrogens (tertiary/aromatic N) is 1. The molecule has 0 aromatic heterocycles. The van der Waals surface area contributed by atoms with E-state index in [1.807, 2.05) is 0 Å². The van der Waals surface area contributed by atoms with Gasteiger partial charge in [0.15, 0.2) is 0 Å². The van der Waals surface area contributed by atoms with Gasteiger partial charge in [-0.3, -0.25) is 4.79 Å². The standard InChI is InChI=1S/C14H29N3O/c1-11-7-6-8-12(15)13(11)14(18)16-9-4-5-10-17(2)3/h11-13H,4-10,15H2,1-3H3,(H,16,18). The Balaban J connectivity index is 2.22. The van der Waals surface area contributed by atoms with E-state index in [0.717, 1.165) is 45.2 Å². The average molecular weight is 255 g/mol. The molecule has 1 aliphatic rings. The van der Waals surface area contributed by atoms with E-state index >= 15 is 0 Å². The Morgan fingerprint density at radius 2 is 2.06 bits per heavy atom. The van der Waals surface area contributed by atoms with Crippen LogP contribution in [0.25, 0.3) is 0 Å². The first-order valence-electron chi connectivity index (χ1n) is 7.20. The summed E-state index contributed by atoms with van der Waals surface area (Å²) in [7, 11) is 4.14. The first-order valence-corrected chi connectivity index (χ1v) is 7.20. The Morgan fingerprint density at radius 1 is 1.33 bits per heavy atom. The number of nitrogens with two attached hydrogens (primary N) is 1. The molecule has 1 fully saturated rings. The highest BCUT2D eigenvalue weighted by Crippen LogP contribution is 2.28. The molecule has 0 spiro atoms. The van der Waals surface area contributed by atoms with Gasteiger partial charge in [0.2, 0.25) is 5.91 Å². The van der Waals surface area contributed by atoms with Crippen molar-refractivity contribution in [3.63, 3.8) is 0 Å². The molecule has 3 unspecified atom stereocenters. The monoisotopic (exact) mass is 255 g/mol. The third kappa shape index (κ3) is 4.94. The Kier molecular flexibility index (Phi) is 6.65. The zero-order valence-electron chi connectivity index (χ0n) is 12.1. The third-order valence-electron chi connectivity index (χ3n) is 3.91. The SMILES string of the molecule is CC1CCCC(N)C1C(=O)NCCCCN(C)C. The maximum atomic E-state index is 12.1. The van der Waals surface area contributed by atoms with Gasteiger partial charge < -0.3 is 16.0 Å². The summed E-state index contributed by atoms with van der Waals surface area (Å²) in [6.07, 6.45) is 5.45. The summed E-state index contributed by atoms with van der Waals surface area (Å²) in [5.74, 6) is 0.614. The Hall–Kier alpha value is -0.610. The molecule has 0 aromatic carbocycles. The minimum atomic E-state index is 0.0209. The fraction of sp³-hybridized carbons (Fsp3) is 0.929. The number of unbranched alkanes of at least 4 members (excludes halogenated alkanes) is 1. The van der Waals surface area contributed by atoms with Crippen molar-refractivity contribution in [1.29, 1.82) is 0 Å². The summed E-state index contributed by atoms with van der Waals surface area (Å²) in [5.41, 5.74) is 6.07. The molecule has 4 heteroatoms. The lowest BCUT2D eigenvalue weighted by atomic mass is 9.76. The van der Waals surface area contributed by atoms with Gasteiger partial charge in [-0.2, -0.15) is 0 Å². The number of carbonyl (C=O) groups excluding carboxylic acids is 1. The predicted molar refractivity (Wildman–Crippen MR) is 75.3 cm³/mol. The predicted octanol–water partition coefficient (Wildman–Crippen LogP) is 1.21. The number of nitrogens with one attached hydrogen (secondary N) is 1. The van der Waals surface area contributed by atoms with Crippen LogP contribution in [-0.4, -0.2) is 44.0 Å².